The van der Waals surface area contributed by atoms with Gasteiger partial charge in [-0.2, -0.15) is 5.26 Å². The fourth-order valence-corrected chi connectivity index (χ4v) is 1.86. The molecule has 0 aromatic heterocycles. The van der Waals surface area contributed by atoms with E-state index in [2.05, 4.69) is 17.4 Å². The van der Waals surface area contributed by atoms with Crippen LogP contribution in [0.15, 0.2) is 12.0 Å². The third-order valence-electron chi connectivity index (χ3n) is 2.24. The maximum absolute atomic E-state index is 10.9. The monoisotopic (exact) mass is 244 g/mol. The second-order valence-corrected chi connectivity index (χ2v) is 5.35. The summed E-state index contributed by atoms with van der Waals surface area (Å²) in [6, 6.07) is 2.12. The molecule has 0 saturated carbocycles. The van der Waals surface area contributed by atoms with Gasteiger partial charge >= 0.3 is 0 Å². The van der Waals surface area contributed by atoms with Crippen LogP contribution in [0.1, 0.15) is 44.9 Å². The van der Waals surface area contributed by atoms with Crippen molar-refractivity contribution in [3.8, 4) is 6.07 Å². The van der Waals surface area contributed by atoms with Gasteiger partial charge in [0.2, 0.25) is 10.0 Å². The molecule has 0 rings (SSSR count). The molecule has 1 N–H and O–H groups in total. The lowest BCUT2D eigenvalue weighted by atomic mass is 10.1. The zero-order chi connectivity index (χ0) is 12.3. The third-order valence-corrected chi connectivity index (χ3v) is 3.28. The summed E-state index contributed by atoms with van der Waals surface area (Å²) in [6.07, 6.45) is 6.79. The summed E-state index contributed by atoms with van der Waals surface area (Å²) < 4.78 is 24.3. The molecule has 0 heterocycles. The van der Waals surface area contributed by atoms with Gasteiger partial charge in [-0.3, -0.25) is 0 Å². The molecule has 92 valence electrons. The summed E-state index contributed by atoms with van der Waals surface area (Å²) in [4.78, 5) is 0. The summed E-state index contributed by atoms with van der Waals surface area (Å²) in [5, 5.41) is 9.24. The Labute approximate surface area is 98.4 Å². The number of rotatable bonds is 10. The molecular weight excluding hydrogens is 224 g/mol. The molecule has 0 radical (unpaired) electrons. The van der Waals surface area contributed by atoms with Gasteiger partial charge in [0, 0.05) is 18.4 Å². The maximum Gasteiger partial charge on any atom is 0.233 e. The summed E-state index contributed by atoms with van der Waals surface area (Å²) in [5.74, 6) is 0. The number of unbranched alkanes of at least 4 members (excludes halogenated alkanes) is 6. The van der Waals surface area contributed by atoms with Crippen LogP contribution in [0.5, 0.6) is 0 Å². The van der Waals surface area contributed by atoms with Crippen LogP contribution in [-0.2, 0) is 10.0 Å². The largest absolute Gasteiger partial charge is 0.233 e. The Morgan fingerprint density at radius 2 is 1.69 bits per heavy atom. The first-order valence-electron chi connectivity index (χ1n) is 5.61. The molecule has 0 atom stereocenters. The van der Waals surface area contributed by atoms with Crippen LogP contribution in [0, 0.1) is 11.3 Å². The van der Waals surface area contributed by atoms with Crippen LogP contribution in [0.25, 0.3) is 0 Å². The third kappa shape index (κ3) is 9.69. The Balaban J connectivity index is 3.23. The van der Waals surface area contributed by atoms with Crippen molar-refractivity contribution >= 4 is 10.0 Å². The minimum Gasteiger partial charge on any atom is -0.212 e. The minimum atomic E-state index is -3.25. The van der Waals surface area contributed by atoms with E-state index in [0.717, 1.165) is 43.9 Å². The Hall–Kier alpha value is -0.860. The first kappa shape index (κ1) is 15.1. The number of hydrogen-bond donors (Lipinski definition) is 1. The van der Waals surface area contributed by atoms with E-state index < -0.39 is 10.0 Å². The molecule has 4 nitrogen and oxygen atoms in total. The van der Waals surface area contributed by atoms with E-state index in [1.807, 2.05) is 0 Å². The first-order valence-corrected chi connectivity index (χ1v) is 7.16. The summed E-state index contributed by atoms with van der Waals surface area (Å²) in [6.45, 7) is 3.69. The number of sulfonamides is 1. The van der Waals surface area contributed by atoms with Crippen LogP contribution in [-0.4, -0.2) is 15.0 Å². The normalized spacial score (nSPS) is 10.9. The van der Waals surface area contributed by atoms with Crippen molar-refractivity contribution in [2.45, 2.75) is 44.9 Å². The molecule has 0 aliphatic heterocycles. The molecule has 0 fully saturated rings. The lowest BCUT2D eigenvalue weighted by Gasteiger charge is -2.02. The van der Waals surface area contributed by atoms with Crippen LogP contribution in [0.3, 0.4) is 0 Å². The van der Waals surface area contributed by atoms with E-state index in [0.29, 0.717) is 13.0 Å². The SMILES string of the molecule is C=CS(=O)(=O)NCCCCCCCCC#N. The van der Waals surface area contributed by atoms with Crippen LogP contribution in [0.4, 0.5) is 0 Å². The van der Waals surface area contributed by atoms with Gasteiger partial charge in [-0.15, -0.1) is 0 Å². The molecule has 0 amide bonds. The first-order chi connectivity index (χ1) is 7.62. The lowest BCUT2D eigenvalue weighted by Crippen LogP contribution is -2.21. The summed E-state index contributed by atoms with van der Waals surface area (Å²) in [7, 11) is -3.25. The van der Waals surface area contributed by atoms with Gasteiger partial charge in [-0.05, 0) is 12.8 Å². The molecule has 0 unspecified atom stereocenters. The van der Waals surface area contributed by atoms with Gasteiger partial charge in [0.1, 0.15) is 0 Å². The van der Waals surface area contributed by atoms with Gasteiger partial charge in [-0.1, -0.05) is 32.3 Å². The van der Waals surface area contributed by atoms with E-state index in [-0.39, 0.29) is 0 Å². The number of hydrogen-bond acceptors (Lipinski definition) is 3. The van der Waals surface area contributed by atoms with Gasteiger partial charge < -0.3 is 0 Å². The second-order valence-electron chi connectivity index (χ2n) is 3.64. The molecule has 0 bridgehead atoms. The molecule has 0 aromatic carbocycles. The van der Waals surface area contributed by atoms with Crippen molar-refractivity contribution in [1.29, 1.82) is 5.26 Å². The highest BCUT2D eigenvalue weighted by Gasteiger charge is 2.01. The Kier molecular flexibility index (Phi) is 8.87. The maximum atomic E-state index is 10.9. The van der Waals surface area contributed by atoms with E-state index in [1.54, 1.807) is 0 Å². The van der Waals surface area contributed by atoms with Crippen molar-refractivity contribution in [2.75, 3.05) is 6.54 Å². The van der Waals surface area contributed by atoms with Gasteiger partial charge in [-0.25, -0.2) is 13.1 Å². The summed E-state index contributed by atoms with van der Waals surface area (Å²) in [5.41, 5.74) is 0. The van der Waals surface area contributed by atoms with Gasteiger partial charge in [0.25, 0.3) is 0 Å². The highest BCUT2D eigenvalue weighted by atomic mass is 32.2. The predicted octanol–water partition coefficient (Wildman–Crippen LogP) is 2.30. The fraction of sp³-hybridized carbons (Fsp3) is 0.727. The fourth-order valence-electron chi connectivity index (χ4n) is 1.31. The average Bonchev–Trinajstić information content (AvgIpc) is 2.27. The Bertz CT molecular complexity index is 317. The van der Waals surface area contributed by atoms with E-state index in [1.165, 1.54) is 0 Å². The average molecular weight is 244 g/mol. The van der Waals surface area contributed by atoms with Gasteiger partial charge in [0.15, 0.2) is 0 Å². The Morgan fingerprint density at radius 1 is 1.12 bits per heavy atom. The highest BCUT2D eigenvalue weighted by Crippen LogP contribution is 2.06. The zero-order valence-corrected chi connectivity index (χ0v) is 10.4. The van der Waals surface area contributed by atoms with Crippen molar-refractivity contribution in [3.05, 3.63) is 12.0 Å². The van der Waals surface area contributed by atoms with Crippen LogP contribution in [0.2, 0.25) is 0 Å². The second kappa shape index (κ2) is 9.37. The van der Waals surface area contributed by atoms with E-state index >= 15 is 0 Å². The Morgan fingerprint density at radius 3 is 2.25 bits per heavy atom. The zero-order valence-electron chi connectivity index (χ0n) is 9.61. The molecular formula is C11H20N2O2S. The molecule has 0 spiro atoms. The molecule has 0 aliphatic rings. The van der Waals surface area contributed by atoms with Crippen molar-refractivity contribution in [1.82, 2.24) is 4.72 Å². The molecule has 16 heavy (non-hydrogen) atoms. The highest BCUT2D eigenvalue weighted by molar-refractivity contribution is 7.92. The van der Waals surface area contributed by atoms with Crippen LogP contribution < -0.4 is 4.72 Å². The van der Waals surface area contributed by atoms with E-state index in [4.69, 9.17) is 5.26 Å². The number of nitrogens with zero attached hydrogens (tertiary/aromatic N) is 1. The predicted molar refractivity (Wildman–Crippen MR) is 65.1 cm³/mol. The molecule has 5 heteroatoms. The van der Waals surface area contributed by atoms with Crippen molar-refractivity contribution < 1.29 is 8.42 Å². The quantitative estimate of drug-likeness (QED) is 0.599. The molecule has 0 aliphatic carbocycles. The van der Waals surface area contributed by atoms with Crippen molar-refractivity contribution in [3.63, 3.8) is 0 Å². The molecule has 0 saturated heterocycles. The number of nitriles is 1. The van der Waals surface area contributed by atoms with Crippen LogP contribution >= 0.6 is 0 Å². The van der Waals surface area contributed by atoms with Crippen molar-refractivity contribution in [2.24, 2.45) is 0 Å². The topological polar surface area (TPSA) is 70.0 Å². The van der Waals surface area contributed by atoms with E-state index in [9.17, 15) is 8.42 Å². The summed E-state index contributed by atoms with van der Waals surface area (Å²) >= 11 is 0. The van der Waals surface area contributed by atoms with Gasteiger partial charge in [0.05, 0.1) is 6.07 Å². The lowest BCUT2D eigenvalue weighted by molar-refractivity contribution is 0.572. The number of nitrogens with one attached hydrogen (secondary N) is 1. The standard InChI is InChI=1S/C11H20N2O2S/c1-2-16(14,15)13-11-9-7-5-3-4-6-8-10-12/h2,13H,1,3-9,11H2. The molecule has 0 aromatic rings. The minimum absolute atomic E-state index is 0.479. The smallest absolute Gasteiger partial charge is 0.212 e.